The molecule has 32 heavy (non-hydrogen) atoms. The van der Waals surface area contributed by atoms with Crippen LogP contribution >= 0.6 is 11.3 Å². The summed E-state index contributed by atoms with van der Waals surface area (Å²) in [4.78, 5) is 7.48. The highest BCUT2D eigenvalue weighted by Crippen LogP contribution is 2.29. The van der Waals surface area contributed by atoms with Gasteiger partial charge in [-0.15, -0.1) is 5.10 Å². The van der Waals surface area contributed by atoms with Gasteiger partial charge in [-0.25, -0.2) is 31.4 Å². The first-order valence-electron chi connectivity index (χ1n) is 10.0. The molecule has 0 atom stereocenters. The molecule has 0 radical (unpaired) electrons. The van der Waals surface area contributed by atoms with Crippen LogP contribution in [0.3, 0.4) is 0 Å². The number of anilines is 1. The number of aromatic nitrogens is 3. The standard InChI is InChI=1S/C21H19F2N5O2S2/c22-15-3-1-14(2-4-15)19-13-28-20(24-19)31-21(25-28)27-11-9-17(10-12-27)26-32(29,30)18-7-5-16(23)6-8-18/h1-8,13,17,26H,9-12H2. The van der Waals surface area contributed by atoms with Gasteiger partial charge in [0, 0.05) is 24.7 Å². The number of piperidine rings is 1. The smallest absolute Gasteiger partial charge is 0.240 e. The van der Waals surface area contributed by atoms with E-state index in [1.165, 1.54) is 35.6 Å². The van der Waals surface area contributed by atoms with E-state index in [9.17, 15) is 17.2 Å². The molecule has 1 saturated heterocycles. The maximum absolute atomic E-state index is 13.1. The molecule has 1 fully saturated rings. The molecule has 2 aromatic heterocycles. The Bertz CT molecular complexity index is 1310. The minimum atomic E-state index is -3.69. The summed E-state index contributed by atoms with van der Waals surface area (Å²) < 4.78 is 55.7. The van der Waals surface area contributed by atoms with Crippen molar-refractivity contribution in [1.82, 2.24) is 19.3 Å². The highest BCUT2D eigenvalue weighted by atomic mass is 32.2. The second kappa shape index (κ2) is 8.23. The summed E-state index contributed by atoms with van der Waals surface area (Å²) in [6.07, 6.45) is 3.07. The van der Waals surface area contributed by atoms with E-state index in [1.54, 1.807) is 16.6 Å². The summed E-state index contributed by atoms with van der Waals surface area (Å²) in [5, 5.41) is 5.42. The van der Waals surface area contributed by atoms with Gasteiger partial charge in [-0.05, 0) is 61.4 Å². The number of hydrogen-bond acceptors (Lipinski definition) is 6. The zero-order valence-corrected chi connectivity index (χ0v) is 18.4. The molecule has 1 aliphatic heterocycles. The Balaban J connectivity index is 1.23. The van der Waals surface area contributed by atoms with Crippen LogP contribution < -0.4 is 9.62 Å². The number of nitrogens with one attached hydrogen (secondary N) is 1. The van der Waals surface area contributed by atoms with Crippen molar-refractivity contribution >= 4 is 31.5 Å². The summed E-state index contributed by atoms with van der Waals surface area (Å²) in [5.74, 6) is -0.768. The molecule has 1 N–H and O–H groups in total. The van der Waals surface area contributed by atoms with Crippen molar-refractivity contribution in [2.45, 2.75) is 23.8 Å². The number of nitrogens with zero attached hydrogens (tertiary/aromatic N) is 4. The van der Waals surface area contributed by atoms with Crippen molar-refractivity contribution < 1.29 is 17.2 Å². The Morgan fingerprint density at radius 3 is 2.22 bits per heavy atom. The van der Waals surface area contributed by atoms with Crippen molar-refractivity contribution in [2.24, 2.45) is 0 Å². The lowest BCUT2D eigenvalue weighted by Crippen LogP contribution is -2.44. The van der Waals surface area contributed by atoms with Gasteiger partial charge in [-0.3, -0.25) is 0 Å². The molecule has 0 amide bonds. The Kier molecular flexibility index (Phi) is 5.39. The molecular weight excluding hydrogens is 456 g/mol. The minimum absolute atomic E-state index is 0.0550. The third-order valence-corrected chi connectivity index (χ3v) is 7.90. The maximum atomic E-state index is 13.1. The average Bonchev–Trinajstić information content (AvgIpc) is 3.34. The van der Waals surface area contributed by atoms with Gasteiger partial charge in [0.15, 0.2) is 0 Å². The van der Waals surface area contributed by atoms with Crippen LogP contribution in [0.1, 0.15) is 12.8 Å². The van der Waals surface area contributed by atoms with E-state index < -0.39 is 15.8 Å². The molecule has 0 aliphatic carbocycles. The van der Waals surface area contributed by atoms with E-state index in [-0.39, 0.29) is 16.8 Å². The first-order chi connectivity index (χ1) is 15.4. The van der Waals surface area contributed by atoms with Crippen molar-refractivity contribution in [3.8, 4) is 11.3 Å². The van der Waals surface area contributed by atoms with Crippen LogP contribution in [0.4, 0.5) is 13.9 Å². The van der Waals surface area contributed by atoms with Crippen LogP contribution in [0.2, 0.25) is 0 Å². The van der Waals surface area contributed by atoms with Gasteiger partial charge in [0.05, 0.1) is 16.8 Å². The topological polar surface area (TPSA) is 79.6 Å². The van der Waals surface area contributed by atoms with Gasteiger partial charge >= 0.3 is 0 Å². The number of imidazole rings is 1. The second-order valence-electron chi connectivity index (χ2n) is 7.58. The van der Waals surface area contributed by atoms with Gasteiger partial charge in [-0.1, -0.05) is 11.3 Å². The molecular formula is C21H19F2N5O2S2. The van der Waals surface area contributed by atoms with Gasteiger partial charge in [0.2, 0.25) is 20.1 Å². The van der Waals surface area contributed by atoms with Gasteiger partial charge in [-0.2, -0.15) is 0 Å². The largest absolute Gasteiger partial charge is 0.347 e. The number of hydrogen-bond donors (Lipinski definition) is 1. The van der Waals surface area contributed by atoms with E-state index in [0.717, 1.165) is 33.5 Å². The average molecular weight is 476 g/mol. The van der Waals surface area contributed by atoms with Crippen molar-refractivity contribution in [3.63, 3.8) is 0 Å². The van der Waals surface area contributed by atoms with E-state index in [0.29, 0.717) is 25.9 Å². The van der Waals surface area contributed by atoms with Crippen molar-refractivity contribution in [3.05, 3.63) is 66.4 Å². The Labute approximate surface area is 187 Å². The van der Waals surface area contributed by atoms with Gasteiger partial charge in [0.25, 0.3) is 0 Å². The van der Waals surface area contributed by atoms with Crippen molar-refractivity contribution in [2.75, 3.05) is 18.0 Å². The molecule has 5 rings (SSSR count). The summed E-state index contributed by atoms with van der Waals surface area (Å²) in [6, 6.07) is 10.8. The van der Waals surface area contributed by atoms with E-state index >= 15 is 0 Å². The summed E-state index contributed by atoms with van der Waals surface area (Å²) in [6.45, 7) is 1.30. The zero-order valence-electron chi connectivity index (χ0n) is 16.8. The van der Waals surface area contributed by atoms with Crippen LogP contribution in [0.15, 0.2) is 59.6 Å². The zero-order chi connectivity index (χ0) is 22.3. The summed E-state index contributed by atoms with van der Waals surface area (Å²) >= 11 is 1.45. The lowest BCUT2D eigenvalue weighted by atomic mass is 10.1. The number of rotatable bonds is 5. The van der Waals surface area contributed by atoms with E-state index in [4.69, 9.17) is 0 Å². The Morgan fingerprint density at radius 1 is 0.969 bits per heavy atom. The number of sulfonamides is 1. The molecule has 0 saturated carbocycles. The minimum Gasteiger partial charge on any atom is -0.347 e. The molecule has 1 aliphatic rings. The summed E-state index contributed by atoms with van der Waals surface area (Å²) in [7, 11) is -3.69. The third-order valence-electron chi connectivity index (χ3n) is 5.38. The molecule has 7 nitrogen and oxygen atoms in total. The van der Waals surface area contributed by atoms with Gasteiger partial charge in [0.1, 0.15) is 11.6 Å². The lowest BCUT2D eigenvalue weighted by molar-refractivity contribution is 0.459. The van der Waals surface area contributed by atoms with Crippen LogP contribution in [0.25, 0.3) is 16.2 Å². The highest BCUT2D eigenvalue weighted by Gasteiger charge is 2.26. The maximum Gasteiger partial charge on any atom is 0.240 e. The Morgan fingerprint density at radius 2 is 1.59 bits per heavy atom. The number of benzene rings is 2. The first kappa shape index (κ1) is 21.0. The normalized spacial score (nSPS) is 15.5. The van der Waals surface area contributed by atoms with Crippen molar-refractivity contribution in [1.29, 1.82) is 0 Å². The molecule has 4 aromatic rings. The Hall–Kier alpha value is -2.89. The summed E-state index contributed by atoms with van der Waals surface area (Å²) in [5.41, 5.74) is 1.55. The number of fused-ring (bicyclic) bond motifs is 1. The fourth-order valence-corrected chi connectivity index (χ4v) is 5.91. The lowest BCUT2D eigenvalue weighted by Gasteiger charge is -2.31. The molecule has 166 valence electrons. The third kappa shape index (κ3) is 4.23. The fraction of sp³-hybridized carbons (Fsp3) is 0.238. The fourth-order valence-electron chi connectivity index (χ4n) is 3.67. The highest BCUT2D eigenvalue weighted by molar-refractivity contribution is 7.89. The monoisotopic (exact) mass is 475 g/mol. The van der Waals surface area contributed by atoms with Crippen LogP contribution in [-0.4, -0.2) is 42.1 Å². The predicted molar refractivity (Wildman–Crippen MR) is 118 cm³/mol. The van der Waals surface area contributed by atoms with Gasteiger partial charge < -0.3 is 4.90 Å². The molecule has 0 spiro atoms. The molecule has 0 bridgehead atoms. The molecule has 0 unspecified atom stereocenters. The quantitative estimate of drug-likeness (QED) is 0.476. The second-order valence-corrected chi connectivity index (χ2v) is 10.2. The van der Waals surface area contributed by atoms with Crippen LogP contribution in [0.5, 0.6) is 0 Å². The molecule has 11 heteroatoms. The van der Waals surface area contributed by atoms with Crippen LogP contribution in [-0.2, 0) is 10.0 Å². The molecule has 2 aromatic carbocycles. The van der Waals surface area contributed by atoms with E-state index in [1.807, 2.05) is 6.20 Å². The molecule has 3 heterocycles. The van der Waals surface area contributed by atoms with E-state index in [2.05, 4.69) is 19.7 Å². The first-order valence-corrected chi connectivity index (χ1v) is 12.3. The number of halogens is 2. The van der Waals surface area contributed by atoms with Crippen LogP contribution in [0, 0.1) is 11.6 Å². The SMILES string of the molecule is O=S(=O)(NC1CCN(c2nn3cc(-c4ccc(F)cc4)nc3s2)CC1)c1ccc(F)cc1. The predicted octanol–water partition coefficient (Wildman–Crippen LogP) is 3.68.